The number of amides is 1. The van der Waals surface area contributed by atoms with Gasteiger partial charge in [-0.05, 0) is 42.0 Å². The Kier molecular flexibility index (Phi) is 7.35. The van der Waals surface area contributed by atoms with Crippen LogP contribution in [0.3, 0.4) is 0 Å². The molecule has 1 heterocycles. The van der Waals surface area contributed by atoms with Crippen molar-refractivity contribution in [2.45, 2.75) is 18.3 Å². The van der Waals surface area contributed by atoms with Crippen LogP contribution in [0.15, 0.2) is 47.6 Å². The number of benzene rings is 2. The van der Waals surface area contributed by atoms with E-state index >= 15 is 0 Å². The summed E-state index contributed by atoms with van der Waals surface area (Å²) in [4.78, 5) is 12.1. The Labute approximate surface area is 184 Å². The molecule has 3 aromatic rings. The molecule has 0 spiro atoms. The molecule has 0 fully saturated rings. The van der Waals surface area contributed by atoms with E-state index in [2.05, 4.69) is 20.3 Å². The minimum atomic E-state index is -2.90. The fourth-order valence-electron chi connectivity index (χ4n) is 2.40. The van der Waals surface area contributed by atoms with Crippen molar-refractivity contribution in [3.8, 4) is 17.1 Å². The van der Waals surface area contributed by atoms with Crippen molar-refractivity contribution >= 4 is 40.9 Å². The van der Waals surface area contributed by atoms with Gasteiger partial charge in [-0.15, -0.1) is 10.2 Å². The summed E-state index contributed by atoms with van der Waals surface area (Å²) in [5.74, 6) is 6.14. The molecule has 0 aliphatic heterocycles. The molecular formula is C18H15Cl2F2N5O2S. The van der Waals surface area contributed by atoms with Gasteiger partial charge in [0.1, 0.15) is 5.75 Å². The third-order valence-corrected chi connectivity index (χ3v) is 5.36. The first-order valence-corrected chi connectivity index (χ1v) is 10.2. The Morgan fingerprint density at radius 3 is 2.60 bits per heavy atom. The second-order valence-electron chi connectivity index (χ2n) is 5.88. The third kappa shape index (κ3) is 5.74. The number of nitrogens with two attached hydrogens (primary N) is 1. The maximum atomic E-state index is 12.2. The van der Waals surface area contributed by atoms with Gasteiger partial charge in [-0.3, -0.25) is 4.79 Å². The van der Waals surface area contributed by atoms with E-state index in [4.69, 9.17) is 29.0 Å². The number of hydrogen-bond acceptors (Lipinski definition) is 6. The Bertz CT molecular complexity index is 1030. The lowest BCUT2D eigenvalue weighted by molar-refractivity contribution is -0.118. The lowest BCUT2D eigenvalue weighted by Gasteiger charge is -2.08. The number of aromatic nitrogens is 3. The number of ether oxygens (including phenoxy) is 1. The van der Waals surface area contributed by atoms with Gasteiger partial charge in [0, 0.05) is 22.2 Å². The second-order valence-corrected chi connectivity index (χ2v) is 7.67. The van der Waals surface area contributed by atoms with Crippen LogP contribution in [0.1, 0.15) is 5.56 Å². The maximum Gasteiger partial charge on any atom is 0.387 e. The highest BCUT2D eigenvalue weighted by molar-refractivity contribution is 7.99. The quantitative estimate of drug-likeness (QED) is 0.379. The highest BCUT2D eigenvalue weighted by atomic mass is 35.5. The molecule has 1 amide bonds. The summed E-state index contributed by atoms with van der Waals surface area (Å²) in [5, 5.41) is 12.0. The van der Waals surface area contributed by atoms with Gasteiger partial charge in [-0.1, -0.05) is 41.0 Å². The minimum Gasteiger partial charge on any atom is -0.435 e. The molecule has 0 bridgehead atoms. The van der Waals surface area contributed by atoms with Crippen molar-refractivity contribution in [1.29, 1.82) is 0 Å². The molecule has 0 saturated heterocycles. The van der Waals surface area contributed by atoms with Crippen molar-refractivity contribution in [2.75, 3.05) is 11.6 Å². The monoisotopic (exact) mass is 473 g/mol. The van der Waals surface area contributed by atoms with E-state index in [1.165, 1.54) is 28.9 Å². The molecule has 0 atom stereocenters. The summed E-state index contributed by atoms with van der Waals surface area (Å²) in [7, 11) is 0. The second kappa shape index (κ2) is 9.96. The smallest absolute Gasteiger partial charge is 0.387 e. The Balaban J connectivity index is 1.56. The van der Waals surface area contributed by atoms with Crippen LogP contribution in [0, 0.1) is 0 Å². The number of nitrogen functional groups attached to an aromatic ring is 1. The van der Waals surface area contributed by atoms with Gasteiger partial charge in [-0.25, -0.2) is 4.68 Å². The summed E-state index contributed by atoms with van der Waals surface area (Å²) in [5.41, 5.74) is 1.29. The summed E-state index contributed by atoms with van der Waals surface area (Å²) in [6.45, 7) is -2.65. The van der Waals surface area contributed by atoms with E-state index in [0.717, 1.165) is 17.3 Å². The first kappa shape index (κ1) is 22.1. The number of alkyl halides is 2. The van der Waals surface area contributed by atoms with Gasteiger partial charge in [0.05, 0.1) is 5.75 Å². The fraction of sp³-hybridized carbons (Fsp3) is 0.167. The van der Waals surface area contributed by atoms with Crippen LogP contribution in [0.5, 0.6) is 5.75 Å². The predicted octanol–water partition coefficient (Wildman–Crippen LogP) is 3.98. The average molecular weight is 474 g/mol. The molecule has 12 heteroatoms. The molecule has 1 aromatic heterocycles. The van der Waals surface area contributed by atoms with Crippen LogP contribution in [0.4, 0.5) is 8.78 Å². The fourth-order valence-corrected chi connectivity index (χ4v) is 3.56. The molecular weight excluding hydrogens is 459 g/mol. The SMILES string of the molecule is Nn1c(SCC(=O)NCc2ccc(Cl)cc2Cl)nnc1-c1ccc(OC(F)F)cc1. The Morgan fingerprint density at radius 1 is 1.20 bits per heavy atom. The first-order valence-electron chi connectivity index (χ1n) is 8.42. The van der Waals surface area contributed by atoms with Crippen molar-refractivity contribution in [3.63, 3.8) is 0 Å². The summed E-state index contributed by atoms with van der Waals surface area (Å²) in [6.07, 6.45) is 0. The molecule has 0 saturated carbocycles. The van der Waals surface area contributed by atoms with Gasteiger partial charge < -0.3 is 15.9 Å². The topological polar surface area (TPSA) is 95.1 Å². The van der Waals surface area contributed by atoms with Crippen LogP contribution in [0.2, 0.25) is 10.0 Å². The Morgan fingerprint density at radius 2 is 1.93 bits per heavy atom. The van der Waals surface area contributed by atoms with Crippen molar-refractivity contribution in [2.24, 2.45) is 0 Å². The number of nitrogens with zero attached hydrogens (tertiary/aromatic N) is 3. The predicted molar refractivity (Wildman–Crippen MR) is 111 cm³/mol. The van der Waals surface area contributed by atoms with E-state index in [-0.39, 0.29) is 24.0 Å². The number of thioether (sulfide) groups is 1. The van der Waals surface area contributed by atoms with Crippen LogP contribution in [-0.2, 0) is 11.3 Å². The number of carbonyl (C=O) groups is 1. The molecule has 2 aromatic carbocycles. The minimum absolute atomic E-state index is 0.0175. The lowest BCUT2D eigenvalue weighted by Crippen LogP contribution is -2.25. The molecule has 0 aliphatic carbocycles. The zero-order chi connectivity index (χ0) is 21.7. The summed E-state index contributed by atoms with van der Waals surface area (Å²) < 4.78 is 30.0. The highest BCUT2D eigenvalue weighted by Gasteiger charge is 2.14. The Hall–Kier alpha value is -2.56. The third-order valence-electron chi connectivity index (χ3n) is 3.83. The standard InChI is InChI=1S/C18H15Cl2F2N5O2S/c19-12-4-1-11(14(20)7-12)8-24-15(28)9-30-18-26-25-16(27(18)23)10-2-5-13(6-3-10)29-17(21)22/h1-7,17H,8-9,23H2,(H,24,28). The summed E-state index contributed by atoms with van der Waals surface area (Å²) in [6, 6.07) is 10.8. The zero-order valence-corrected chi connectivity index (χ0v) is 17.5. The number of rotatable bonds is 8. The number of hydrogen-bond donors (Lipinski definition) is 2. The maximum absolute atomic E-state index is 12.2. The average Bonchev–Trinajstić information content (AvgIpc) is 3.06. The van der Waals surface area contributed by atoms with E-state index in [1.54, 1.807) is 18.2 Å². The molecule has 30 heavy (non-hydrogen) atoms. The van der Waals surface area contributed by atoms with Gasteiger partial charge in [0.25, 0.3) is 0 Å². The highest BCUT2D eigenvalue weighted by Crippen LogP contribution is 2.24. The van der Waals surface area contributed by atoms with E-state index < -0.39 is 6.61 Å². The van der Waals surface area contributed by atoms with Crippen LogP contribution >= 0.6 is 35.0 Å². The van der Waals surface area contributed by atoms with Crippen LogP contribution < -0.4 is 15.9 Å². The van der Waals surface area contributed by atoms with E-state index in [1.807, 2.05) is 0 Å². The largest absolute Gasteiger partial charge is 0.435 e. The van der Waals surface area contributed by atoms with Crippen molar-refractivity contribution < 1.29 is 18.3 Å². The number of halogens is 4. The molecule has 158 valence electrons. The number of nitrogens with one attached hydrogen (secondary N) is 1. The van der Waals surface area contributed by atoms with Gasteiger partial charge in [0.15, 0.2) is 5.82 Å². The lowest BCUT2D eigenvalue weighted by atomic mass is 10.2. The molecule has 3 N–H and O–H groups in total. The van der Waals surface area contributed by atoms with E-state index in [0.29, 0.717) is 26.6 Å². The van der Waals surface area contributed by atoms with Crippen LogP contribution in [0.25, 0.3) is 11.4 Å². The molecule has 3 rings (SSSR count). The van der Waals surface area contributed by atoms with Crippen molar-refractivity contribution in [1.82, 2.24) is 20.2 Å². The molecule has 0 radical (unpaired) electrons. The van der Waals surface area contributed by atoms with Crippen LogP contribution in [-0.4, -0.2) is 33.1 Å². The summed E-state index contributed by atoms with van der Waals surface area (Å²) >= 11 is 13.0. The first-order chi connectivity index (χ1) is 14.3. The van der Waals surface area contributed by atoms with Gasteiger partial charge in [-0.2, -0.15) is 8.78 Å². The van der Waals surface area contributed by atoms with Gasteiger partial charge >= 0.3 is 6.61 Å². The molecule has 7 nitrogen and oxygen atoms in total. The van der Waals surface area contributed by atoms with E-state index in [9.17, 15) is 13.6 Å². The number of carbonyl (C=O) groups excluding carboxylic acids is 1. The molecule has 0 aliphatic rings. The van der Waals surface area contributed by atoms with Gasteiger partial charge in [0.2, 0.25) is 11.1 Å². The molecule has 0 unspecified atom stereocenters. The normalized spacial score (nSPS) is 11.0. The zero-order valence-electron chi connectivity index (χ0n) is 15.2. The van der Waals surface area contributed by atoms with Crippen molar-refractivity contribution in [3.05, 3.63) is 58.1 Å².